The van der Waals surface area contributed by atoms with Crippen LogP contribution in [0.15, 0.2) is 40.9 Å². The molecule has 2 aromatic carbocycles. The first-order chi connectivity index (χ1) is 16.3. The molecule has 0 saturated carbocycles. The van der Waals surface area contributed by atoms with Crippen LogP contribution in [0.1, 0.15) is 19.4 Å². The van der Waals surface area contributed by atoms with Gasteiger partial charge in [-0.2, -0.15) is 0 Å². The van der Waals surface area contributed by atoms with Crippen LogP contribution in [0.25, 0.3) is 22.2 Å². The monoisotopic (exact) mass is 464 g/mol. The fourth-order valence-electron chi connectivity index (χ4n) is 5.75. The molecule has 2 saturated heterocycles. The van der Waals surface area contributed by atoms with Crippen LogP contribution in [-0.2, 0) is 20.7 Å². The van der Waals surface area contributed by atoms with Crippen molar-refractivity contribution in [3.05, 3.63) is 47.8 Å². The Kier molecular flexibility index (Phi) is 4.34. The minimum absolute atomic E-state index is 0.00632. The number of urea groups is 1. The Bertz CT molecular complexity index is 1350. The molecule has 1 aromatic heterocycles. The molecule has 3 aliphatic rings. The van der Waals surface area contributed by atoms with Crippen molar-refractivity contribution < 1.29 is 28.0 Å². The Morgan fingerprint density at radius 1 is 1.12 bits per heavy atom. The first-order valence-corrected chi connectivity index (χ1v) is 11.1. The number of ether oxygens (including phenoxy) is 1. The number of benzene rings is 2. The minimum Gasteiger partial charge on any atom is -0.372 e. The zero-order valence-corrected chi connectivity index (χ0v) is 18.4. The highest BCUT2D eigenvalue weighted by Gasteiger charge is 2.63. The van der Waals surface area contributed by atoms with Crippen molar-refractivity contribution in [2.45, 2.75) is 38.5 Å². The number of carbonyl (C=O) groups excluding carboxylic acids is 3. The van der Waals surface area contributed by atoms with Crippen LogP contribution in [0.4, 0.5) is 14.9 Å². The van der Waals surface area contributed by atoms with E-state index in [1.165, 1.54) is 0 Å². The Labute approximate surface area is 193 Å². The van der Waals surface area contributed by atoms with Gasteiger partial charge in [0.15, 0.2) is 11.2 Å². The molecule has 10 heteroatoms. The van der Waals surface area contributed by atoms with Gasteiger partial charge in [0.05, 0.1) is 29.3 Å². The molecule has 0 bridgehead atoms. The number of aromatic nitrogens is 1. The van der Waals surface area contributed by atoms with Crippen LogP contribution < -0.4 is 15.5 Å². The zero-order chi connectivity index (χ0) is 23.8. The fourth-order valence-corrected chi connectivity index (χ4v) is 5.75. The van der Waals surface area contributed by atoms with Crippen LogP contribution in [0, 0.1) is 11.2 Å². The number of anilines is 1. The maximum Gasteiger partial charge on any atom is 0.328 e. The summed E-state index contributed by atoms with van der Waals surface area (Å²) in [6, 6.07) is 9.25. The highest BCUT2D eigenvalue weighted by molar-refractivity contribution is 6.20. The predicted molar refractivity (Wildman–Crippen MR) is 118 cm³/mol. The van der Waals surface area contributed by atoms with Crippen LogP contribution in [0.5, 0.6) is 0 Å². The summed E-state index contributed by atoms with van der Waals surface area (Å²) in [4.78, 5) is 40.1. The van der Waals surface area contributed by atoms with E-state index in [2.05, 4.69) is 15.8 Å². The van der Waals surface area contributed by atoms with Crippen LogP contribution in [0.2, 0.25) is 0 Å². The van der Waals surface area contributed by atoms with E-state index < -0.39 is 41.2 Å². The molecule has 1 spiro atoms. The number of halogens is 1. The smallest absolute Gasteiger partial charge is 0.328 e. The summed E-state index contributed by atoms with van der Waals surface area (Å²) in [6.07, 6.45) is -0.982. The molecule has 4 heterocycles. The van der Waals surface area contributed by atoms with Gasteiger partial charge in [-0.3, -0.25) is 20.2 Å². The van der Waals surface area contributed by atoms with Crippen molar-refractivity contribution in [2.24, 2.45) is 5.41 Å². The van der Waals surface area contributed by atoms with E-state index in [1.807, 2.05) is 37.3 Å². The molecular formula is C24H21FN4O5. The van der Waals surface area contributed by atoms with Gasteiger partial charge in [0.2, 0.25) is 17.4 Å². The molecule has 4 amide bonds. The lowest BCUT2D eigenvalue weighted by atomic mass is 9.66. The lowest BCUT2D eigenvalue weighted by Gasteiger charge is -2.55. The van der Waals surface area contributed by atoms with E-state index in [9.17, 15) is 14.4 Å². The number of hydrogen-bond acceptors (Lipinski definition) is 7. The molecule has 9 nitrogen and oxygen atoms in total. The number of imide groups is 2. The van der Waals surface area contributed by atoms with Gasteiger partial charge in [0.1, 0.15) is 5.69 Å². The first-order valence-electron chi connectivity index (χ1n) is 11.1. The van der Waals surface area contributed by atoms with Gasteiger partial charge >= 0.3 is 6.03 Å². The molecule has 0 aliphatic carbocycles. The normalized spacial score (nSPS) is 25.7. The van der Waals surface area contributed by atoms with Crippen molar-refractivity contribution >= 4 is 34.5 Å². The van der Waals surface area contributed by atoms with Crippen molar-refractivity contribution in [1.82, 2.24) is 15.8 Å². The van der Waals surface area contributed by atoms with Gasteiger partial charge in [0.25, 0.3) is 0 Å². The summed E-state index contributed by atoms with van der Waals surface area (Å²) in [5, 5.41) is 9.02. The Morgan fingerprint density at radius 2 is 1.82 bits per heavy atom. The number of morpholine rings is 1. The topological polar surface area (TPSA) is 114 Å². The lowest BCUT2D eigenvalue weighted by molar-refractivity contribution is -0.153. The van der Waals surface area contributed by atoms with Gasteiger partial charge in [-0.05, 0) is 25.5 Å². The minimum atomic E-state index is -1.68. The molecule has 34 heavy (non-hydrogen) atoms. The second kappa shape index (κ2) is 7.10. The van der Waals surface area contributed by atoms with Crippen molar-refractivity contribution in [2.75, 3.05) is 11.4 Å². The van der Waals surface area contributed by atoms with E-state index in [0.717, 1.165) is 5.56 Å². The molecule has 2 fully saturated rings. The Balaban J connectivity index is 1.61. The molecule has 3 atom stereocenters. The number of nitrogens with zero attached hydrogens (tertiary/aromatic N) is 2. The third-order valence-corrected chi connectivity index (χ3v) is 7.01. The fraction of sp³-hybridized carbons (Fsp3) is 0.333. The van der Waals surface area contributed by atoms with E-state index in [1.54, 1.807) is 17.9 Å². The van der Waals surface area contributed by atoms with E-state index in [-0.39, 0.29) is 30.3 Å². The average Bonchev–Trinajstić information content (AvgIpc) is 3.21. The molecule has 174 valence electrons. The van der Waals surface area contributed by atoms with E-state index in [0.29, 0.717) is 16.6 Å². The number of rotatable bonds is 1. The number of carbonyl (C=O) groups is 3. The largest absolute Gasteiger partial charge is 0.372 e. The summed E-state index contributed by atoms with van der Waals surface area (Å²) in [5.41, 5.74) is 0.263. The number of fused-ring (bicyclic) bond motifs is 5. The number of amides is 4. The molecule has 3 aromatic rings. The van der Waals surface area contributed by atoms with Gasteiger partial charge in [-0.1, -0.05) is 35.5 Å². The first kappa shape index (κ1) is 20.8. The maximum absolute atomic E-state index is 16.0. The standard InChI is InChI=1S/C24H21FN4O5/c1-11-10-29-18-14(8-15-17(13-6-4-3-5-7-13)28-34-19(15)16(18)25)9-24(20(29)12(2)33-11)21(30)26-23(32)27-22(24)31/h3-8,11-12,20H,9-10H2,1-2H3,(H2,26,27,30,31,32)/t11-,12+,20-/m1/s1. The van der Waals surface area contributed by atoms with Gasteiger partial charge in [0, 0.05) is 18.5 Å². The molecule has 6 rings (SSSR count). The predicted octanol–water partition coefficient (Wildman–Crippen LogP) is 2.52. The Hall–Kier alpha value is -3.79. The van der Waals surface area contributed by atoms with Gasteiger partial charge in [-0.15, -0.1) is 0 Å². The van der Waals surface area contributed by atoms with Gasteiger partial charge in [-0.25, -0.2) is 9.18 Å². The zero-order valence-electron chi connectivity index (χ0n) is 18.4. The summed E-state index contributed by atoms with van der Waals surface area (Å²) in [5.74, 6) is -2.04. The number of nitrogens with one attached hydrogen (secondary N) is 2. The molecular weight excluding hydrogens is 443 g/mol. The second-order valence-corrected chi connectivity index (χ2v) is 9.11. The summed E-state index contributed by atoms with van der Waals surface area (Å²) >= 11 is 0. The number of barbiturate groups is 1. The summed E-state index contributed by atoms with van der Waals surface area (Å²) < 4.78 is 27.5. The van der Waals surface area contributed by atoms with Crippen LogP contribution in [0.3, 0.4) is 0 Å². The van der Waals surface area contributed by atoms with E-state index >= 15 is 4.39 Å². The summed E-state index contributed by atoms with van der Waals surface area (Å²) in [6.45, 7) is 3.84. The lowest BCUT2D eigenvalue weighted by Crippen LogP contribution is -2.75. The van der Waals surface area contributed by atoms with Crippen molar-refractivity contribution in [3.8, 4) is 11.3 Å². The van der Waals surface area contributed by atoms with E-state index in [4.69, 9.17) is 9.26 Å². The van der Waals surface area contributed by atoms with Crippen LogP contribution in [-0.4, -0.2) is 47.8 Å². The molecule has 3 aliphatic heterocycles. The Morgan fingerprint density at radius 3 is 2.53 bits per heavy atom. The highest BCUT2D eigenvalue weighted by atomic mass is 19.1. The molecule has 0 unspecified atom stereocenters. The van der Waals surface area contributed by atoms with Gasteiger partial charge < -0.3 is 14.2 Å². The number of hydrogen-bond donors (Lipinski definition) is 2. The quantitative estimate of drug-likeness (QED) is 0.532. The highest BCUT2D eigenvalue weighted by Crippen LogP contribution is 2.49. The molecule has 2 N–H and O–H groups in total. The third kappa shape index (κ3) is 2.68. The van der Waals surface area contributed by atoms with Crippen molar-refractivity contribution in [3.63, 3.8) is 0 Å². The maximum atomic E-state index is 16.0. The van der Waals surface area contributed by atoms with Crippen LogP contribution >= 0.6 is 0 Å². The SMILES string of the molecule is C[C@@H]1CN2c3c(cc4c(-c5ccccc5)noc4c3F)CC3(C(=O)NC(=O)NC3=O)[C@H]2[C@H](C)O1. The average molecular weight is 464 g/mol. The summed E-state index contributed by atoms with van der Waals surface area (Å²) in [7, 11) is 0. The second-order valence-electron chi connectivity index (χ2n) is 9.11. The molecule has 0 radical (unpaired) electrons. The van der Waals surface area contributed by atoms with Crippen molar-refractivity contribution in [1.29, 1.82) is 0 Å². The third-order valence-electron chi connectivity index (χ3n) is 7.01.